The van der Waals surface area contributed by atoms with Gasteiger partial charge in [-0.2, -0.15) is 8.42 Å². The van der Waals surface area contributed by atoms with E-state index in [9.17, 15) is 8.42 Å². The second kappa shape index (κ2) is 4.96. The number of nitrogens with one attached hydrogen (secondary N) is 2. The van der Waals surface area contributed by atoms with Crippen LogP contribution in [0.4, 0.5) is 5.69 Å². The van der Waals surface area contributed by atoms with Crippen LogP contribution in [0.25, 0.3) is 10.9 Å². The zero-order valence-corrected chi connectivity index (χ0v) is 12.7. The summed E-state index contributed by atoms with van der Waals surface area (Å²) in [5, 5.41) is 1.02. The first-order valence-electron chi connectivity index (χ1n) is 5.91. The van der Waals surface area contributed by atoms with Crippen LogP contribution < -0.4 is 4.72 Å². The van der Waals surface area contributed by atoms with Crippen LogP contribution in [0, 0.1) is 0 Å². The molecule has 0 saturated heterocycles. The maximum absolute atomic E-state index is 12.3. The summed E-state index contributed by atoms with van der Waals surface area (Å²) >= 11 is 3.31. The minimum absolute atomic E-state index is 0.154. The fourth-order valence-corrected chi connectivity index (χ4v) is 3.27. The molecule has 0 aliphatic heterocycles. The van der Waals surface area contributed by atoms with Crippen LogP contribution in [0.1, 0.15) is 0 Å². The van der Waals surface area contributed by atoms with Gasteiger partial charge in [-0.25, -0.2) is 0 Å². The van der Waals surface area contributed by atoms with Gasteiger partial charge in [0, 0.05) is 21.1 Å². The van der Waals surface area contributed by atoms with Gasteiger partial charge in [0.2, 0.25) is 0 Å². The number of benzene rings is 2. The predicted octanol–water partition coefficient (Wildman–Crippen LogP) is 3.73. The number of halogens is 1. The van der Waals surface area contributed by atoms with Crippen LogP contribution in [0.5, 0.6) is 0 Å². The second-order valence-corrected chi connectivity index (χ2v) is 6.90. The molecule has 1 aromatic heterocycles. The summed E-state index contributed by atoms with van der Waals surface area (Å²) in [6, 6.07) is 16.0. The van der Waals surface area contributed by atoms with Gasteiger partial charge in [-0.15, -0.1) is 0 Å². The number of sulfonamides is 1. The van der Waals surface area contributed by atoms with Crippen LogP contribution in [-0.2, 0) is 10.0 Å². The SMILES string of the molecule is O=S(=O)(Nc1ccc(Br)cc1)c1cc2ccccc2[nH]1. The average Bonchev–Trinajstić information content (AvgIpc) is 2.86. The van der Waals surface area contributed by atoms with Crippen LogP contribution in [-0.4, -0.2) is 13.4 Å². The molecule has 4 nitrogen and oxygen atoms in total. The Morgan fingerprint density at radius 1 is 1.00 bits per heavy atom. The molecule has 0 radical (unpaired) electrons. The molecule has 2 N–H and O–H groups in total. The van der Waals surface area contributed by atoms with Gasteiger partial charge in [-0.3, -0.25) is 4.72 Å². The van der Waals surface area contributed by atoms with Crippen LogP contribution >= 0.6 is 15.9 Å². The third kappa shape index (κ3) is 2.57. The number of para-hydroxylation sites is 1. The second-order valence-electron chi connectivity index (χ2n) is 4.33. The van der Waals surface area contributed by atoms with Crippen molar-refractivity contribution < 1.29 is 8.42 Å². The Hall–Kier alpha value is -1.79. The highest BCUT2D eigenvalue weighted by atomic mass is 79.9. The number of hydrogen-bond acceptors (Lipinski definition) is 2. The van der Waals surface area contributed by atoms with Crippen molar-refractivity contribution in [2.24, 2.45) is 0 Å². The molecule has 0 atom stereocenters. The molecule has 0 fully saturated rings. The molecule has 0 bridgehead atoms. The normalized spacial score (nSPS) is 11.7. The van der Waals surface area contributed by atoms with Crippen molar-refractivity contribution in [1.29, 1.82) is 0 Å². The highest BCUT2D eigenvalue weighted by Gasteiger charge is 2.16. The quantitative estimate of drug-likeness (QED) is 0.755. The summed E-state index contributed by atoms with van der Waals surface area (Å²) in [6.07, 6.45) is 0. The molecule has 3 aromatic rings. The summed E-state index contributed by atoms with van der Waals surface area (Å²) in [7, 11) is -3.61. The molecule has 0 aliphatic rings. The summed E-state index contributed by atoms with van der Waals surface area (Å²) in [4.78, 5) is 2.91. The molecule has 3 rings (SSSR count). The van der Waals surface area contributed by atoms with Gasteiger partial charge in [0.15, 0.2) is 5.03 Å². The molecule has 0 spiro atoms. The summed E-state index contributed by atoms with van der Waals surface area (Å²) in [5.41, 5.74) is 1.32. The standard InChI is InChI=1S/C14H11BrN2O2S/c15-11-5-7-12(8-6-11)17-20(18,19)14-9-10-3-1-2-4-13(10)16-14/h1-9,16-17H. The Morgan fingerprint density at radius 3 is 2.40 bits per heavy atom. The van der Waals surface area contributed by atoms with E-state index >= 15 is 0 Å². The number of anilines is 1. The summed E-state index contributed by atoms with van der Waals surface area (Å²) in [5.74, 6) is 0. The average molecular weight is 351 g/mol. The van der Waals surface area contributed by atoms with Gasteiger partial charge in [-0.05, 0) is 36.4 Å². The Balaban J connectivity index is 1.96. The summed E-state index contributed by atoms with van der Waals surface area (Å²) < 4.78 is 28.0. The first kappa shape index (κ1) is 13.2. The number of fused-ring (bicyclic) bond motifs is 1. The van der Waals surface area contributed by atoms with Gasteiger partial charge < -0.3 is 4.98 Å². The van der Waals surface area contributed by atoms with Gasteiger partial charge in [-0.1, -0.05) is 34.1 Å². The van der Waals surface area contributed by atoms with Crippen LogP contribution in [0.15, 0.2) is 64.1 Å². The number of aromatic nitrogens is 1. The van der Waals surface area contributed by atoms with E-state index in [1.165, 1.54) is 0 Å². The molecule has 2 aromatic carbocycles. The molecule has 6 heteroatoms. The van der Waals surface area contributed by atoms with E-state index in [1.807, 2.05) is 24.3 Å². The van der Waals surface area contributed by atoms with Crippen molar-refractivity contribution in [3.05, 3.63) is 59.1 Å². The minimum atomic E-state index is -3.61. The van der Waals surface area contributed by atoms with Crippen molar-refractivity contribution >= 4 is 42.5 Å². The monoisotopic (exact) mass is 350 g/mol. The molecule has 0 amide bonds. The molecular weight excluding hydrogens is 340 g/mol. The van der Waals surface area contributed by atoms with Crippen molar-refractivity contribution in [3.63, 3.8) is 0 Å². The van der Waals surface area contributed by atoms with E-state index in [0.29, 0.717) is 5.69 Å². The molecule has 0 aliphatic carbocycles. The molecule has 1 heterocycles. The highest BCUT2D eigenvalue weighted by molar-refractivity contribution is 9.10. The maximum atomic E-state index is 12.3. The number of aromatic amines is 1. The Kier molecular flexibility index (Phi) is 3.27. The molecule has 20 heavy (non-hydrogen) atoms. The van der Waals surface area contributed by atoms with Crippen molar-refractivity contribution in [2.45, 2.75) is 5.03 Å². The fourth-order valence-electron chi connectivity index (χ4n) is 1.92. The van der Waals surface area contributed by atoms with Gasteiger partial charge >= 0.3 is 0 Å². The maximum Gasteiger partial charge on any atom is 0.277 e. The minimum Gasteiger partial charge on any atom is -0.344 e. The summed E-state index contributed by atoms with van der Waals surface area (Å²) in [6.45, 7) is 0. The third-order valence-corrected chi connectivity index (χ3v) is 4.72. The van der Waals surface area contributed by atoms with E-state index < -0.39 is 10.0 Å². The van der Waals surface area contributed by atoms with E-state index in [-0.39, 0.29) is 5.03 Å². The van der Waals surface area contributed by atoms with Crippen molar-refractivity contribution in [3.8, 4) is 0 Å². The van der Waals surface area contributed by atoms with Crippen molar-refractivity contribution in [2.75, 3.05) is 4.72 Å². The fraction of sp³-hybridized carbons (Fsp3) is 0. The largest absolute Gasteiger partial charge is 0.344 e. The lowest BCUT2D eigenvalue weighted by molar-refractivity contribution is 0.598. The van der Waals surface area contributed by atoms with Crippen LogP contribution in [0.3, 0.4) is 0 Å². The zero-order valence-electron chi connectivity index (χ0n) is 10.3. The van der Waals surface area contributed by atoms with E-state index in [2.05, 4.69) is 25.6 Å². The third-order valence-electron chi connectivity index (χ3n) is 2.89. The Morgan fingerprint density at radius 2 is 1.70 bits per heavy atom. The highest BCUT2D eigenvalue weighted by Crippen LogP contribution is 2.21. The van der Waals surface area contributed by atoms with Gasteiger partial charge in [0.05, 0.1) is 0 Å². The number of H-pyrrole nitrogens is 1. The van der Waals surface area contributed by atoms with E-state index in [4.69, 9.17) is 0 Å². The van der Waals surface area contributed by atoms with E-state index in [1.54, 1.807) is 30.3 Å². The number of rotatable bonds is 3. The van der Waals surface area contributed by atoms with E-state index in [0.717, 1.165) is 15.4 Å². The smallest absolute Gasteiger partial charge is 0.277 e. The molecular formula is C14H11BrN2O2S. The zero-order chi connectivity index (χ0) is 14.2. The first-order valence-corrected chi connectivity index (χ1v) is 8.18. The first-order chi connectivity index (χ1) is 9.54. The lowest BCUT2D eigenvalue weighted by atomic mass is 10.3. The molecule has 0 saturated carbocycles. The van der Waals surface area contributed by atoms with Crippen LogP contribution in [0.2, 0.25) is 0 Å². The Bertz CT molecular complexity index is 821. The lowest BCUT2D eigenvalue weighted by Gasteiger charge is -2.06. The predicted molar refractivity (Wildman–Crippen MR) is 83.2 cm³/mol. The van der Waals surface area contributed by atoms with Crippen molar-refractivity contribution in [1.82, 2.24) is 4.98 Å². The topological polar surface area (TPSA) is 62.0 Å². The van der Waals surface area contributed by atoms with Gasteiger partial charge in [0.25, 0.3) is 10.0 Å². The van der Waals surface area contributed by atoms with Gasteiger partial charge in [0.1, 0.15) is 0 Å². The number of hydrogen-bond donors (Lipinski definition) is 2. The molecule has 0 unspecified atom stereocenters. The molecule has 102 valence electrons. The Labute approximate surface area is 125 Å². The lowest BCUT2D eigenvalue weighted by Crippen LogP contribution is -2.13.